The Hall–Kier alpha value is -0.480. The van der Waals surface area contributed by atoms with Gasteiger partial charge in [0.1, 0.15) is 48.8 Å². The summed E-state index contributed by atoms with van der Waals surface area (Å²) in [6.45, 7) is -1.08. The predicted octanol–water partition coefficient (Wildman–Crippen LogP) is -5.41. The van der Waals surface area contributed by atoms with E-state index in [0.717, 1.165) is 0 Å². The van der Waals surface area contributed by atoms with Crippen LogP contribution in [0.3, 0.4) is 0 Å². The van der Waals surface area contributed by atoms with Crippen LogP contribution in [-0.4, -0.2) is 124 Å². The maximum Gasteiger partial charge on any atom is 0.187 e. The highest BCUT2D eigenvalue weighted by molar-refractivity contribution is 4.94. The first-order chi connectivity index (χ1) is 12.3. The topological polar surface area (TPSA) is 205 Å². The number of aliphatic hydroxyl groups excluding tert-OH is 7. The van der Waals surface area contributed by atoms with E-state index in [2.05, 4.69) is 0 Å². The van der Waals surface area contributed by atoms with Gasteiger partial charge in [0.05, 0.1) is 19.8 Å². The SMILES string of the molecule is NCCO[C@H]1O[C@H](CO)[C@@H](O[C@@H]2O[C@H](CO)[C@H](O)[C@H](O)[C@H]2O)[C@H](O)[C@H]1O. The van der Waals surface area contributed by atoms with Crippen LogP contribution in [0.5, 0.6) is 0 Å². The summed E-state index contributed by atoms with van der Waals surface area (Å²) in [5.41, 5.74) is 5.30. The van der Waals surface area contributed by atoms with E-state index in [1.165, 1.54) is 0 Å². The van der Waals surface area contributed by atoms with Crippen molar-refractivity contribution in [3.8, 4) is 0 Å². The molecule has 0 aromatic heterocycles. The van der Waals surface area contributed by atoms with E-state index in [1.807, 2.05) is 0 Å². The van der Waals surface area contributed by atoms with Gasteiger partial charge in [-0.05, 0) is 0 Å². The summed E-state index contributed by atoms with van der Waals surface area (Å²) in [5, 5.41) is 68.6. The molecule has 0 saturated carbocycles. The molecule has 2 fully saturated rings. The molecule has 2 rings (SSSR count). The smallest absolute Gasteiger partial charge is 0.187 e. The molecule has 0 aromatic rings. The lowest BCUT2D eigenvalue weighted by molar-refractivity contribution is -0.359. The molecule has 0 unspecified atom stereocenters. The van der Waals surface area contributed by atoms with Gasteiger partial charge in [-0.2, -0.15) is 0 Å². The quantitative estimate of drug-likeness (QED) is 0.207. The normalized spacial score (nSPS) is 47.1. The molecule has 154 valence electrons. The Balaban J connectivity index is 2.09. The van der Waals surface area contributed by atoms with Gasteiger partial charge in [0.25, 0.3) is 0 Å². The van der Waals surface area contributed by atoms with Crippen molar-refractivity contribution in [3.05, 3.63) is 0 Å². The third-order valence-corrected chi connectivity index (χ3v) is 4.36. The minimum Gasteiger partial charge on any atom is -0.394 e. The number of nitrogens with two attached hydrogens (primary N) is 1. The highest BCUT2D eigenvalue weighted by atomic mass is 16.7. The summed E-state index contributed by atoms with van der Waals surface area (Å²) in [5.74, 6) is 0. The lowest BCUT2D eigenvalue weighted by Crippen LogP contribution is -2.64. The number of rotatable bonds is 7. The van der Waals surface area contributed by atoms with E-state index in [1.54, 1.807) is 0 Å². The molecule has 0 aromatic carbocycles. The van der Waals surface area contributed by atoms with Gasteiger partial charge in [0.15, 0.2) is 12.6 Å². The molecule has 26 heavy (non-hydrogen) atoms. The number of ether oxygens (including phenoxy) is 4. The van der Waals surface area contributed by atoms with Gasteiger partial charge in [-0.3, -0.25) is 0 Å². The van der Waals surface area contributed by atoms with E-state index in [0.29, 0.717) is 0 Å². The van der Waals surface area contributed by atoms with E-state index in [-0.39, 0.29) is 13.2 Å². The maximum absolute atomic E-state index is 10.3. The van der Waals surface area contributed by atoms with Gasteiger partial charge in [0, 0.05) is 6.54 Å². The minimum atomic E-state index is -1.71. The Bertz CT molecular complexity index is 426. The van der Waals surface area contributed by atoms with Crippen LogP contribution in [0.1, 0.15) is 0 Å². The average molecular weight is 385 g/mol. The Morgan fingerprint density at radius 3 is 1.88 bits per heavy atom. The van der Waals surface area contributed by atoms with Crippen LogP contribution in [-0.2, 0) is 18.9 Å². The van der Waals surface area contributed by atoms with Crippen LogP contribution in [0, 0.1) is 0 Å². The summed E-state index contributed by atoms with van der Waals surface area (Å²) in [6, 6.07) is 0. The van der Waals surface area contributed by atoms with Gasteiger partial charge >= 0.3 is 0 Å². The molecule has 10 atom stereocenters. The van der Waals surface area contributed by atoms with Crippen LogP contribution in [0.25, 0.3) is 0 Å². The van der Waals surface area contributed by atoms with Crippen molar-refractivity contribution < 1.29 is 54.7 Å². The summed E-state index contributed by atoms with van der Waals surface area (Å²) < 4.78 is 21.1. The highest BCUT2D eigenvalue weighted by Crippen LogP contribution is 2.29. The molecule has 0 amide bonds. The average Bonchev–Trinajstić information content (AvgIpc) is 2.64. The lowest BCUT2D eigenvalue weighted by Gasteiger charge is -2.45. The number of aliphatic hydroxyl groups is 7. The Kier molecular flexibility index (Phi) is 8.08. The van der Waals surface area contributed by atoms with E-state index in [9.17, 15) is 35.7 Å². The molecule has 2 heterocycles. The second-order valence-corrected chi connectivity index (χ2v) is 6.16. The van der Waals surface area contributed by atoms with Crippen LogP contribution in [0.4, 0.5) is 0 Å². The van der Waals surface area contributed by atoms with Crippen LogP contribution >= 0.6 is 0 Å². The molecule has 0 aliphatic carbocycles. The van der Waals surface area contributed by atoms with E-state index < -0.39 is 74.6 Å². The summed E-state index contributed by atoms with van der Waals surface area (Å²) >= 11 is 0. The molecule has 9 N–H and O–H groups in total. The predicted molar refractivity (Wildman–Crippen MR) is 81.4 cm³/mol. The van der Waals surface area contributed by atoms with Gasteiger partial charge in [-0.15, -0.1) is 0 Å². The molecular weight excluding hydrogens is 358 g/mol. The second-order valence-electron chi connectivity index (χ2n) is 6.16. The molecule has 12 nitrogen and oxygen atoms in total. The fraction of sp³-hybridized carbons (Fsp3) is 1.00. The standard InChI is InChI=1S/C14H27NO11/c15-1-2-23-13-11(22)9(20)12(6(4-17)25-13)26-14-10(21)8(19)7(18)5(3-16)24-14/h5-14,16-22H,1-4,15H2/t5-,6-,7+,8+,9-,10-,11-,12-,13+,14+/m1/s1. The monoisotopic (exact) mass is 385 g/mol. The fourth-order valence-electron chi connectivity index (χ4n) is 2.88. The number of hydrogen-bond acceptors (Lipinski definition) is 12. The van der Waals surface area contributed by atoms with Crippen molar-refractivity contribution in [2.45, 2.75) is 61.4 Å². The number of hydrogen-bond donors (Lipinski definition) is 8. The lowest BCUT2D eigenvalue weighted by atomic mass is 9.97. The molecule has 0 bridgehead atoms. The first-order valence-corrected chi connectivity index (χ1v) is 8.25. The van der Waals surface area contributed by atoms with Crippen molar-refractivity contribution in [3.63, 3.8) is 0 Å². The first-order valence-electron chi connectivity index (χ1n) is 8.25. The Morgan fingerprint density at radius 1 is 0.731 bits per heavy atom. The van der Waals surface area contributed by atoms with Crippen molar-refractivity contribution >= 4 is 0 Å². The summed E-state index contributed by atoms with van der Waals surface area (Å²) in [6.07, 6.45) is -14.6. The highest BCUT2D eigenvalue weighted by Gasteiger charge is 2.50. The van der Waals surface area contributed by atoms with Crippen molar-refractivity contribution in [2.75, 3.05) is 26.4 Å². The molecule has 0 radical (unpaired) electrons. The zero-order valence-electron chi connectivity index (χ0n) is 13.9. The molecule has 12 heteroatoms. The van der Waals surface area contributed by atoms with Gasteiger partial charge in [0.2, 0.25) is 0 Å². The first kappa shape index (κ1) is 21.8. The Labute approximate surface area is 149 Å². The van der Waals surface area contributed by atoms with Gasteiger partial charge < -0.3 is 60.4 Å². The molecule has 2 saturated heterocycles. The third-order valence-electron chi connectivity index (χ3n) is 4.36. The minimum absolute atomic E-state index is 0.0465. The summed E-state index contributed by atoms with van der Waals surface area (Å²) in [4.78, 5) is 0. The van der Waals surface area contributed by atoms with Crippen molar-refractivity contribution in [2.24, 2.45) is 5.73 Å². The van der Waals surface area contributed by atoms with Crippen LogP contribution in [0.15, 0.2) is 0 Å². The zero-order valence-corrected chi connectivity index (χ0v) is 13.9. The van der Waals surface area contributed by atoms with Crippen LogP contribution < -0.4 is 5.73 Å². The zero-order chi connectivity index (χ0) is 19.4. The van der Waals surface area contributed by atoms with Crippen molar-refractivity contribution in [1.29, 1.82) is 0 Å². The molecule has 2 aliphatic rings. The second kappa shape index (κ2) is 9.64. The molecule has 2 aliphatic heterocycles. The van der Waals surface area contributed by atoms with E-state index in [4.69, 9.17) is 24.7 Å². The van der Waals surface area contributed by atoms with Gasteiger partial charge in [-0.25, -0.2) is 0 Å². The molecule has 0 spiro atoms. The Morgan fingerprint density at radius 2 is 1.31 bits per heavy atom. The maximum atomic E-state index is 10.3. The van der Waals surface area contributed by atoms with Gasteiger partial charge in [-0.1, -0.05) is 0 Å². The fourth-order valence-corrected chi connectivity index (χ4v) is 2.88. The largest absolute Gasteiger partial charge is 0.394 e. The van der Waals surface area contributed by atoms with E-state index >= 15 is 0 Å². The van der Waals surface area contributed by atoms with Crippen molar-refractivity contribution in [1.82, 2.24) is 0 Å². The van der Waals surface area contributed by atoms with Crippen LogP contribution in [0.2, 0.25) is 0 Å². The summed E-state index contributed by atoms with van der Waals surface area (Å²) in [7, 11) is 0. The third kappa shape index (κ3) is 4.49. The molecular formula is C14H27NO11.